The molecule has 0 saturated carbocycles. The van der Waals surface area contributed by atoms with Crippen LogP contribution in [-0.2, 0) is 32.3 Å². The Morgan fingerprint density at radius 3 is 2.78 bits per heavy atom. The first-order valence-corrected chi connectivity index (χ1v) is 18.6. The van der Waals surface area contributed by atoms with Crippen molar-refractivity contribution < 1.29 is 33.7 Å². The third-order valence-corrected chi connectivity index (χ3v) is 11.9. The summed E-state index contributed by atoms with van der Waals surface area (Å²) in [5, 5.41) is 20.8. The highest BCUT2D eigenvalue weighted by Gasteiger charge is 2.55. The first-order chi connectivity index (χ1) is 24.1. The molecular formula is C31H31ClN9O6S3+. The number of thiophene rings is 1. The zero-order chi connectivity index (χ0) is 35.1. The van der Waals surface area contributed by atoms with E-state index in [9.17, 15) is 24.3 Å². The van der Waals surface area contributed by atoms with E-state index in [1.54, 1.807) is 0 Å². The van der Waals surface area contributed by atoms with Crippen LogP contribution >= 0.6 is 46.0 Å². The van der Waals surface area contributed by atoms with Crippen molar-refractivity contribution in [3.05, 3.63) is 73.9 Å². The molecule has 3 amide bonds. The number of thiazole rings is 1. The quantitative estimate of drug-likeness (QED) is 0.0765. The number of anilines is 1. The number of halogens is 1. The maximum Gasteiger partial charge on any atom is 0.352 e. The number of hydrogen-bond donors (Lipinski definition) is 4. The van der Waals surface area contributed by atoms with Gasteiger partial charge in [0.2, 0.25) is 0 Å². The van der Waals surface area contributed by atoms with Gasteiger partial charge in [0.05, 0.1) is 23.0 Å². The number of carbonyl (C=O) groups is 4. The predicted octanol–water partition coefficient (Wildman–Crippen LogP) is 2.26. The molecule has 4 aromatic rings. The molecular weight excluding hydrogens is 726 g/mol. The number of rotatable bonds is 11. The molecule has 3 aliphatic rings. The fourth-order valence-electron chi connectivity index (χ4n) is 6.20. The van der Waals surface area contributed by atoms with Crippen LogP contribution in [0.2, 0.25) is 4.34 Å². The normalized spacial score (nSPS) is 19.4. The number of carbonyl (C=O) groups excluding carboxylic acids is 3. The average Bonchev–Trinajstić information content (AvgIpc) is 3.91. The second kappa shape index (κ2) is 14.0. The number of aliphatic carboxylic acids is 1. The van der Waals surface area contributed by atoms with Crippen LogP contribution in [0.3, 0.4) is 0 Å². The number of hydrazine groups is 1. The molecule has 15 nitrogen and oxygen atoms in total. The second-order valence-corrected chi connectivity index (χ2v) is 15.5. The van der Waals surface area contributed by atoms with Crippen LogP contribution < -0.4 is 21.0 Å². The average molecular weight is 757 g/mol. The van der Waals surface area contributed by atoms with E-state index in [4.69, 9.17) is 22.2 Å². The highest BCUT2D eigenvalue weighted by Crippen LogP contribution is 2.40. The second-order valence-electron chi connectivity index (χ2n) is 11.8. The third-order valence-electron chi connectivity index (χ3n) is 8.51. The van der Waals surface area contributed by atoms with Gasteiger partial charge in [0, 0.05) is 46.9 Å². The first kappa shape index (κ1) is 34.0. The number of oxime groups is 1. The lowest BCUT2D eigenvalue weighted by molar-refractivity contribution is -0.687. The summed E-state index contributed by atoms with van der Waals surface area (Å²) in [7, 11) is 1.25. The lowest BCUT2D eigenvalue weighted by atomic mass is 10.0. The third kappa shape index (κ3) is 6.56. The van der Waals surface area contributed by atoms with Crippen LogP contribution in [0.5, 0.6) is 0 Å². The van der Waals surface area contributed by atoms with E-state index in [1.807, 2.05) is 51.7 Å². The number of nitrogens with zero attached hydrogens (tertiary/aromatic N) is 6. The molecule has 2 fully saturated rings. The Hall–Kier alpha value is -4.49. The van der Waals surface area contributed by atoms with Gasteiger partial charge in [-0.3, -0.25) is 24.7 Å². The number of nitrogen functional groups attached to an aromatic ring is 1. The SMILES string of the molecule is CO/N=C(\C(=O)N[C@@H]1C(=O)N2C(C(=O)O)=C(C[n+]3ccc4c(ccn4Cc4cc(C(=O)NN5CCCC5)cs4)c3)CS[C@H]12)c1nc(N)sc1Cl. The molecule has 0 aliphatic carbocycles. The molecule has 4 aromatic heterocycles. The van der Waals surface area contributed by atoms with Gasteiger partial charge < -0.3 is 25.6 Å². The molecule has 0 spiro atoms. The highest BCUT2D eigenvalue weighted by molar-refractivity contribution is 8.00. The number of pyridine rings is 1. The summed E-state index contributed by atoms with van der Waals surface area (Å²) in [5.41, 5.74) is 10.5. The van der Waals surface area contributed by atoms with Gasteiger partial charge in [0.15, 0.2) is 29.8 Å². The zero-order valence-corrected chi connectivity index (χ0v) is 29.7. The highest BCUT2D eigenvalue weighted by atomic mass is 35.5. The van der Waals surface area contributed by atoms with Gasteiger partial charge in [-0.15, -0.1) is 23.1 Å². The Kier molecular flexibility index (Phi) is 9.53. The first-order valence-electron chi connectivity index (χ1n) is 15.5. The summed E-state index contributed by atoms with van der Waals surface area (Å²) in [5.74, 6) is -2.32. The predicted molar refractivity (Wildman–Crippen MR) is 189 cm³/mol. The lowest BCUT2D eigenvalue weighted by Gasteiger charge is -2.49. The summed E-state index contributed by atoms with van der Waals surface area (Å²) in [6.45, 7) is 2.59. The number of carboxylic acid groups (broad SMARTS) is 1. The van der Waals surface area contributed by atoms with Crippen LogP contribution in [0.25, 0.3) is 10.9 Å². The van der Waals surface area contributed by atoms with Crippen molar-refractivity contribution in [2.75, 3.05) is 31.7 Å². The Morgan fingerprint density at radius 2 is 2.06 bits per heavy atom. The van der Waals surface area contributed by atoms with Crippen LogP contribution in [0.1, 0.15) is 33.8 Å². The molecule has 0 aromatic carbocycles. The van der Waals surface area contributed by atoms with Crippen molar-refractivity contribution in [2.45, 2.75) is 37.3 Å². The molecule has 2 saturated heterocycles. The summed E-state index contributed by atoms with van der Waals surface area (Å²) in [6.07, 6.45) is 7.97. The summed E-state index contributed by atoms with van der Waals surface area (Å²) < 4.78 is 4.12. The molecule has 0 bridgehead atoms. The Bertz CT molecular complexity index is 2090. The van der Waals surface area contributed by atoms with Gasteiger partial charge in [-0.1, -0.05) is 28.1 Å². The van der Waals surface area contributed by atoms with Crippen LogP contribution in [0.15, 0.2) is 58.6 Å². The molecule has 260 valence electrons. The van der Waals surface area contributed by atoms with Gasteiger partial charge in [0.25, 0.3) is 17.7 Å². The fraction of sp³-hybridized carbons (Fsp3) is 0.323. The fourth-order valence-corrected chi connectivity index (χ4v) is 9.32. The van der Waals surface area contributed by atoms with Gasteiger partial charge in [-0.05, 0) is 25.0 Å². The standard InChI is InChI=1S/C31H30ClN9O6S3/c1-47-37-22(21-25(32)50-31(33)35-21)27(43)34-23-28(44)41-24(30(45)46)18(15-49-29(23)41)12-38-8-5-20-16(11-38)4-9-39(20)13-19-10-17(14-48-19)26(42)36-40-6-2-3-7-40/h4-5,8-11,14,23,29H,2-3,6-7,12-13,15H2,1H3,(H4-,33,34,35,36,42,43,45,46)/p+1/b37-22-/t23-,29-/m1/s1. The van der Waals surface area contributed by atoms with E-state index in [1.165, 1.54) is 35.1 Å². The largest absolute Gasteiger partial charge is 0.477 e. The minimum absolute atomic E-state index is 0.0177. The van der Waals surface area contributed by atoms with Crippen molar-refractivity contribution in [3.63, 3.8) is 0 Å². The molecule has 0 radical (unpaired) electrons. The topological polar surface area (TPSA) is 188 Å². The van der Waals surface area contributed by atoms with Crippen molar-refractivity contribution in [2.24, 2.45) is 5.16 Å². The number of amides is 3. The van der Waals surface area contributed by atoms with E-state index < -0.39 is 29.2 Å². The van der Waals surface area contributed by atoms with Gasteiger partial charge in [-0.2, -0.15) is 0 Å². The summed E-state index contributed by atoms with van der Waals surface area (Å²) in [4.78, 5) is 62.7. The number of thioether (sulfide) groups is 1. The van der Waals surface area contributed by atoms with Gasteiger partial charge in [0.1, 0.15) is 34.3 Å². The van der Waals surface area contributed by atoms with E-state index in [-0.39, 0.29) is 39.0 Å². The number of fused-ring (bicyclic) bond motifs is 2. The number of aromatic nitrogens is 3. The van der Waals surface area contributed by atoms with Crippen molar-refractivity contribution in [1.29, 1.82) is 0 Å². The van der Waals surface area contributed by atoms with E-state index in [2.05, 4.69) is 25.4 Å². The van der Waals surface area contributed by atoms with Gasteiger partial charge >= 0.3 is 5.97 Å². The monoisotopic (exact) mass is 756 g/mol. The van der Waals surface area contributed by atoms with Crippen LogP contribution in [0.4, 0.5) is 5.13 Å². The number of hydrogen-bond acceptors (Lipinski definition) is 12. The van der Waals surface area contributed by atoms with Crippen molar-refractivity contribution in [3.8, 4) is 0 Å². The maximum absolute atomic E-state index is 13.3. The smallest absolute Gasteiger partial charge is 0.352 e. The lowest BCUT2D eigenvalue weighted by Crippen LogP contribution is -2.71. The van der Waals surface area contributed by atoms with E-state index >= 15 is 0 Å². The molecule has 0 unspecified atom stereocenters. The minimum Gasteiger partial charge on any atom is -0.477 e. The molecule has 19 heteroatoms. The van der Waals surface area contributed by atoms with E-state index in [0.29, 0.717) is 23.4 Å². The molecule has 7 heterocycles. The van der Waals surface area contributed by atoms with Crippen molar-refractivity contribution in [1.82, 2.24) is 30.2 Å². The molecule has 50 heavy (non-hydrogen) atoms. The molecule has 7 rings (SSSR count). The minimum atomic E-state index is -1.23. The number of nitrogens with two attached hydrogens (primary N) is 1. The van der Waals surface area contributed by atoms with Crippen LogP contribution in [0, 0.1) is 0 Å². The number of β-lactam (4-membered cyclic amide) rings is 1. The zero-order valence-electron chi connectivity index (χ0n) is 26.5. The summed E-state index contributed by atoms with van der Waals surface area (Å²) >= 11 is 10.0. The Labute approximate surface area is 302 Å². The Balaban J connectivity index is 1.03. The number of carboxylic acids is 1. The van der Waals surface area contributed by atoms with Gasteiger partial charge in [-0.25, -0.2) is 19.4 Å². The van der Waals surface area contributed by atoms with E-state index in [0.717, 1.165) is 53.0 Å². The van der Waals surface area contributed by atoms with Crippen molar-refractivity contribution >= 4 is 91.5 Å². The number of nitrogens with one attached hydrogen (secondary N) is 2. The van der Waals surface area contributed by atoms with Crippen LogP contribution in [-0.4, -0.2) is 91.3 Å². The maximum atomic E-state index is 13.3. The molecule has 5 N–H and O–H groups in total. The molecule has 2 atom stereocenters. The molecule has 3 aliphatic heterocycles. The Morgan fingerprint density at radius 1 is 1.26 bits per heavy atom. The summed E-state index contributed by atoms with van der Waals surface area (Å²) in [6, 6.07) is 4.87.